The molecule has 146 heavy (non-hydrogen) atoms. The molecule has 4 spiro atoms. The molecule has 18 nitrogen and oxygen atoms in total. The highest BCUT2D eigenvalue weighted by Gasteiger charge is 2.62. The van der Waals surface area contributed by atoms with Crippen LogP contribution in [0.1, 0.15) is 100 Å². The predicted molar refractivity (Wildman–Crippen MR) is 575 cm³/mol. The molecule has 18 aromatic carbocycles. The van der Waals surface area contributed by atoms with E-state index in [-0.39, 0.29) is 0 Å². The highest BCUT2D eigenvalue weighted by atomic mass is 32.2. The minimum absolute atomic E-state index is 0.505. The van der Waals surface area contributed by atoms with Crippen molar-refractivity contribution in [2.24, 2.45) is 0 Å². The Hall–Kier alpha value is -14.6. The summed E-state index contributed by atoms with van der Waals surface area (Å²) in [7, 11) is 10.2. The Morgan fingerprint density at radius 1 is 0.178 bits per heavy atom. The van der Waals surface area contributed by atoms with Crippen molar-refractivity contribution in [1.29, 1.82) is 0 Å². The van der Waals surface area contributed by atoms with Crippen molar-refractivity contribution in [2.75, 3.05) is 56.4 Å². The van der Waals surface area contributed by atoms with E-state index in [0.717, 1.165) is 215 Å². The maximum absolute atomic E-state index is 7.15. The van der Waals surface area contributed by atoms with Crippen molar-refractivity contribution < 1.29 is 64.6 Å². The molecular weight excluding hydrogens is 1930 g/mol. The van der Waals surface area contributed by atoms with Crippen LogP contribution >= 0.6 is 57.6 Å². The summed E-state index contributed by atoms with van der Waals surface area (Å²) in [5.74, 6) is 15.8. The van der Waals surface area contributed by atoms with Crippen LogP contribution in [0.15, 0.2) is 396 Å². The second kappa shape index (κ2) is 35.1. The quantitative estimate of drug-likeness (QED) is 0.146. The molecule has 0 aliphatic carbocycles. The van der Waals surface area contributed by atoms with E-state index in [4.69, 9.17) is 64.6 Å². The fourth-order valence-corrected chi connectivity index (χ4v) is 29.6. The second-order valence-electron chi connectivity index (χ2n) is 37.9. The molecule has 30 rings (SSSR count). The predicted octanol–water partition coefficient (Wildman–Crippen LogP) is 32.0. The highest BCUT2D eigenvalue weighted by Crippen LogP contribution is 2.75. The van der Waals surface area contributed by atoms with Crippen molar-refractivity contribution in [3.8, 4) is 137 Å². The topological polar surface area (TPSA) is 142 Å². The Kier molecular flexibility index (Phi) is 21.7. The van der Waals surface area contributed by atoms with Gasteiger partial charge >= 0.3 is 34.1 Å². The number of hydrogen-bond acceptors (Lipinski definition) is 20. The largest absolute Gasteiger partial charge is 0.457 e. The van der Waals surface area contributed by atoms with Gasteiger partial charge in [-0.25, -0.2) is 18.7 Å². The smallest absolute Gasteiger partial charge is 0.384 e. The summed E-state index contributed by atoms with van der Waals surface area (Å²) < 4.78 is 102. The number of fused-ring (bicyclic) bond motifs is 8. The molecule has 24 heteroatoms. The normalized spacial score (nSPS) is 17.1. The molecule has 0 radical (unpaired) electrons. The summed E-state index contributed by atoms with van der Waals surface area (Å²) >= 11 is 3.67. The minimum Gasteiger partial charge on any atom is -0.457 e. The maximum atomic E-state index is 7.15. The molecule has 0 fully saturated rings. The zero-order valence-electron chi connectivity index (χ0n) is 80.9. The van der Waals surface area contributed by atoms with Crippen LogP contribution in [-0.2, 0) is 21.7 Å². The second-order valence-corrected chi connectivity index (χ2v) is 46.6. The van der Waals surface area contributed by atoms with Crippen molar-refractivity contribution in [2.45, 2.75) is 55.1 Å². The maximum Gasteiger partial charge on any atom is 0.384 e. The van der Waals surface area contributed by atoms with Crippen LogP contribution in [0, 0.1) is 13.8 Å². The molecule has 18 aromatic rings. The zero-order valence-corrected chi connectivity index (χ0v) is 86.1. The molecule has 12 aliphatic rings. The molecule has 0 bridgehead atoms. The molecule has 12 heterocycles. The number of benzene rings is 18. The van der Waals surface area contributed by atoms with Gasteiger partial charge in [0.25, 0.3) is 0 Å². The number of para-hydroxylation sites is 6. The van der Waals surface area contributed by atoms with Gasteiger partial charge in [-0.1, -0.05) is 266 Å². The standard InChI is InChI=1S/C39H28NO4P.C29H24NO4P.C27H20NO4P.C27H20NO2PS2/c1-40(2)45-43-37-27(25-13-5-3-6-14-25)21-23-33-35(37)39(29-17-9-11-19-31(29)41-33)30-18-10-12-20-32(30)42-34-24-22-28(38(44-45)36(34)39)26-15-7-4-8-16-26;1-17-13-15-23-25-27(17)33-35(30(3)4)34-28-18(2)14-16-24-26(28)29(25,19-9-5-7-11-21(19)31-23)20-10-6-8-12-22(20)32-24;1-28(2)33-31-23-15-7-13-21-25(23)27(17-9-3-5-11-19(17)29-21)18-10-4-6-12-20(18)30-22-14-8-16-24(32-33)26(22)27;1-28(2)31-29-19-11-7-15-23-25(19)27(17-9-3-5-13-21(17)32-23)18-10-4-6-14-22(18)33-24-16-8-12-20(30-31)26(24)27/h3-24H,1-2H3;5-16H,1-4H3;2*3-16H,1-2H3. The molecule has 0 N–H and O–H groups in total. The van der Waals surface area contributed by atoms with Gasteiger partial charge in [-0.2, -0.15) is 0 Å². The highest BCUT2D eigenvalue weighted by molar-refractivity contribution is 8.00. The average Bonchev–Trinajstić information content (AvgIpc) is 0.664. The fraction of sp³-hybridized carbons (Fsp3) is 0.115. The van der Waals surface area contributed by atoms with Gasteiger partial charge in [0.15, 0.2) is 0 Å². The van der Waals surface area contributed by atoms with E-state index in [0.29, 0.717) is 0 Å². The van der Waals surface area contributed by atoms with Crippen LogP contribution in [0.3, 0.4) is 0 Å². The van der Waals surface area contributed by atoms with E-state index in [1.165, 1.54) is 41.8 Å². The van der Waals surface area contributed by atoms with Crippen LogP contribution in [-0.4, -0.2) is 75.1 Å². The summed E-state index contributed by atoms with van der Waals surface area (Å²) in [6, 6.07) is 129. The van der Waals surface area contributed by atoms with Crippen molar-refractivity contribution >= 4 is 57.6 Å². The molecule has 0 amide bonds. The fourth-order valence-electron chi connectivity index (χ4n) is 23.0. The van der Waals surface area contributed by atoms with E-state index in [1.807, 2.05) is 220 Å². The van der Waals surface area contributed by atoms with Gasteiger partial charge in [0.05, 0.1) is 55.0 Å². The molecule has 0 unspecified atom stereocenters. The summed E-state index contributed by atoms with van der Waals surface area (Å²) in [5.41, 5.74) is 20.4. The van der Waals surface area contributed by atoms with Crippen LogP contribution < -0.4 is 64.6 Å². The Morgan fingerprint density at radius 2 is 0.397 bits per heavy atom. The minimum atomic E-state index is -1.60. The summed E-state index contributed by atoms with van der Waals surface area (Å²) in [4.78, 5) is 5.04. The summed E-state index contributed by atoms with van der Waals surface area (Å²) in [6.45, 7) is 4.16. The molecule has 716 valence electrons. The van der Waals surface area contributed by atoms with Crippen LogP contribution in [0.25, 0.3) is 22.3 Å². The number of nitrogens with zero attached hydrogens (tertiary/aromatic N) is 4. The lowest BCUT2D eigenvalue weighted by Crippen LogP contribution is -2.39. The van der Waals surface area contributed by atoms with Gasteiger partial charge in [-0.3, -0.25) is 0 Å². The van der Waals surface area contributed by atoms with Gasteiger partial charge < -0.3 is 64.6 Å². The van der Waals surface area contributed by atoms with E-state index >= 15 is 0 Å². The number of aryl methyl sites for hydroxylation is 2. The third kappa shape index (κ3) is 13.5. The van der Waals surface area contributed by atoms with Crippen molar-refractivity contribution in [3.05, 3.63) is 476 Å². The SMILES string of the molecule is CN(C)P1Oc2c(-c3ccccc3)ccc3c2C2(c4ccccc4O3)c3ccccc3Oc3ccc(-c4ccccc4)c(c32)O1.CN(C)P1Oc2cccc3c2C2(c4ccccc4O3)c3ccccc3Oc3cccc(c32)O1.CN(C)P1Oc2cccc3c2C2(c4ccccc4S3)c3ccccc3Sc3cccc(c32)O1.Cc1ccc2c3c1OP(N(C)C)Oc1c(C)ccc4c1C3(c1ccccc1O2)c1ccccc1O4. The Labute approximate surface area is 859 Å². The Morgan fingerprint density at radius 3 is 0.719 bits per heavy atom. The third-order valence-corrected chi connectivity index (χ3v) is 36.4. The number of ether oxygens (including phenoxy) is 6. The first-order chi connectivity index (χ1) is 71.5. The first-order valence-electron chi connectivity index (χ1n) is 48.3. The lowest BCUT2D eigenvalue weighted by molar-refractivity contribution is 0.357. The molecule has 0 aromatic heterocycles. The Bertz CT molecular complexity index is 7760. The molecule has 0 saturated carbocycles. The van der Waals surface area contributed by atoms with Gasteiger partial charge in [-0.15, -0.1) is 0 Å². The van der Waals surface area contributed by atoms with E-state index in [2.05, 4.69) is 269 Å². The van der Waals surface area contributed by atoms with Gasteiger partial charge in [0.1, 0.15) is 115 Å². The van der Waals surface area contributed by atoms with Crippen molar-refractivity contribution in [1.82, 2.24) is 18.7 Å². The van der Waals surface area contributed by atoms with Gasteiger partial charge in [0, 0.05) is 75.2 Å². The van der Waals surface area contributed by atoms with E-state index < -0.39 is 55.8 Å². The third-order valence-electron chi connectivity index (χ3n) is 28.8. The number of hydrogen-bond donors (Lipinski definition) is 0. The first-order valence-corrected chi connectivity index (χ1v) is 54.5. The molecular formula is C122H92N4O14P4S2. The monoisotopic (exact) mass is 2020 g/mol. The summed E-state index contributed by atoms with van der Waals surface area (Å²) in [5, 5.41) is 0. The van der Waals surface area contributed by atoms with Crippen LogP contribution in [0.4, 0.5) is 0 Å². The summed E-state index contributed by atoms with van der Waals surface area (Å²) in [6.07, 6.45) is 0. The van der Waals surface area contributed by atoms with Gasteiger partial charge in [-0.05, 0) is 237 Å². The average molecular weight is 2030 g/mol. The molecule has 0 saturated heterocycles. The van der Waals surface area contributed by atoms with Crippen LogP contribution in [0.5, 0.6) is 115 Å². The zero-order chi connectivity index (χ0) is 98.3. The first kappa shape index (κ1) is 90.2. The molecule has 12 aliphatic heterocycles. The van der Waals surface area contributed by atoms with E-state index in [9.17, 15) is 0 Å². The lowest BCUT2D eigenvalue weighted by atomic mass is 9.61. The number of rotatable bonds is 6. The lowest BCUT2D eigenvalue weighted by Gasteiger charge is -2.47. The molecule has 0 atom stereocenters. The van der Waals surface area contributed by atoms with Crippen LogP contribution in [0.2, 0.25) is 0 Å². The Balaban J connectivity index is 0.0000000973. The van der Waals surface area contributed by atoms with Crippen molar-refractivity contribution in [3.63, 3.8) is 0 Å². The van der Waals surface area contributed by atoms with Gasteiger partial charge in [0.2, 0.25) is 0 Å². The van der Waals surface area contributed by atoms with E-state index in [1.54, 1.807) is 0 Å².